The average Bonchev–Trinajstić information content (AvgIpc) is 2.66. The summed E-state index contributed by atoms with van der Waals surface area (Å²) in [5.74, 6) is 1.21. The first-order chi connectivity index (χ1) is 12.6. The first-order valence-electron chi connectivity index (χ1n) is 8.54. The minimum atomic E-state index is -0.119. The lowest BCUT2D eigenvalue weighted by atomic mass is 10.1. The lowest BCUT2D eigenvalue weighted by Crippen LogP contribution is -2.42. The van der Waals surface area contributed by atoms with Gasteiger partial charge in [0.15, 0.2) is 0 Å². The van der Waals surface area contributed by atoms with Crippen molar-refractivity contribution in [1.82, 2.24) is 20.2 Å². The highest BCUT2D eigenvalue weighted by Gasteiger charge is 2.22. The first kappa shape index (κ1) is 18.3. The summed E-state index contributed by atoms with van der Waals surface area (Å²) in [4.78, 5) is 23.1. The Labute approximate surface area is 157 Å². The topological polar surface area (TPSA) is 79.4 Å². The van der Waals surface area contributed by atoms with Crippen molar-refractivity contribution >= 4 is 23.6 Å². The maximum Gasteiger partial charge on any atom is 0.318 e. The number of aromatic nitrogens is 2. The highest BCUT2D eigenvalue weighted by atomic mass is 35.5. The highest BCUT2D eigenvalue weighted by molar-refractivity contribution is 6.32. The molecule has 1 aromatic heterocycles. The molecule has 1 aliphatic rings. The number of fused-ring (bicyclic) bond motifs is 1. The predicted octanol–water partition coefficient (Wildman–Crippen LogP) is 2.84. The molecule has 0 saturated carbocycles. The molecule has 8 heteroatoms. The van der Waals surface area contributed by atoms with E-state index in [0.717, 1.165) is 29.8 Å². The fraction of sp³-hybridized carbons (Fsp3) is 0.389. The Morgan fingerprint density at radius 3 is 3.00 bits per heavy atom. The number of methoxy groups -OCH3 is 1. The molecule has 1 aromatic carbocycles. The zero-order chi connectivity index (χ0) is 18.5. The van der Waals surface area contributed by atoms with Crippen LogP contribution < -0.4 is 15.4 Å². The van der Waals surface area contributed by atoms with Crippen molar-refractivity contribution in [2.45, 2.75) is 26.4 Å². The number of hydrogen-bond donors (Lipinski definition) is 2. The van der Waals surface area contributed by atoms with Gasteiger partial charge in [-0.3, -0.25) is 0 Å². The number of carbonyl (C=O) groups excluding carboxylic acids is 1. The third-order valence-electron chi connectivity index (χ3n) is 4.23. The predicted molar refractivity (Wildman–Crippen MR) is 101 cm³/mol. The molecule has 138 valence electrons. The van der Waals surface area contributed by atoms with Crippen molar-refractivity contribution < 1.29 is 9.53 Å². The van der Waals surface area contributed by atoms with Gasteiger partial charge in [-0.1, -0.05) is 17.7 Å². The molecule has 0 bridgehead atoms. The number of benzene rings is 1. The number of anilines is 1. The van der Waals surface area contributed by atoms with E-state index in [2.05, 4.69) is 20.6 Å². The van der Waals surface area contributed by atoms with Crippen molar-refractivity contribution in [2.75, 3.05) is 25.5 Å². The van der Waals surface area contributed by atoms with Crippen LogP contribution in [0.25, 0.3) is 0 Å². The molecule has 0 aliphatic carbocycles. The number of amides is 2. The number of urea groups is 1. The second-order valence-electron chi connectivity index (χ2n) is 6.00. The van der Waals surface area contributed by atoms with E-state index < -0.39 is 0 Å². The van der Waals surface area contributed by atoms with Gasteiger partial charge < -0.3 is 20.3 Å². The van der Waals surface area contributed by atoms with Crippen molar-refractivity contribution in [1.29, 1.82) is 0 Å². The van der Waals surface area contributed by atoms with Crippen molar-refractivity contribution in [3.8, 4) is 5.75 Å². The Hall–Kier alpha value is -2.54. The highest BCUT2D eigenvalue weighted by Crippen LogP contribution is 2.25. The number of ether oxygens (including phenoxy) is 1. The molecule has 0 radical (unpaired) electrons. The maximum absolute atomic E-state index is 12.5. The van der Waals surface area contributed by atoms with Crippen LogP contribution in [0.5, 0.6) is 5.75 Å². The molecule has 2 heterocycles. The lowest BCUT2D eigenvalue weighted by Gasteiger charge is -2.28. The molecule has 7 nitrogen and oxygen atoms in total. The van der Waals surface area contributed by atoms with Crippen LogP contribution in [-0.4, -0.2) is 41.1 Å². The summed E-state index contributed by atoms with van der Waals surface area (Å²) in [6.45, 7) is 4.28. The van der Waals surface area contributed by atoms with Crippen molar-refractivity contribution in [3.05, 3.63) is 46.2 Å². The number of hydrogen-bond acceptors (Lipinski definition) is 5. The summed E-state index contributed by atoms with van der Waals surface area (Å²) in [5.41, 5.74) is 2.90. The molecule has 26 heavy (non-hydrogen) atoms. The summed E-state index contributed by atoms with van der Waals surface area (Å²) in [5, 5.41) is 6.56. The molecule has 2 amide bonds. The minimum absolute atomic E-state index is 0.119. The minimum Gasteiger partial charge on any atom is -0.495 e. The van der Waals surface area contributed by atoms with E-state index in [1.807, 2.05) is 19.2 Å². The smallest absolute Gasteiger partial charge is 0.318 e. The fourth-order valence-corrected chi connectivity index (χ4v) is 3.11. The zero-order valence-corrected chi connectivity index (χ0v) is 15.6. The van der Waals surface area contributed by atoms with Crippen LogP contribution in [0.15, 0.2) is 24.4 Å². The Bertz CT molecular complexity index is 799. The summed E-state index contributed by atoms with van der Waals surface area (Å²) in [6.07, 6.45) is 2.60. The third kappa shape index (κ3) is 4.16. The molecular weight excluding hydrogens is 354 g/mol. The molecule has 0 fully saturated rings. The van der Waals surface area contributed by atoms with Crippen LogP contribution in [-0.2, 0) is 19.5 Å². The van der Waals surface area contributed by atoms with Gasteiger partial charge in [-0.2, -0.15) is 0 Å². The number of carbonyl (C=O) groups is 1. The van der Waals surface area contributed by atoms with Gasteiger partial charge in [0.05, 0.1) is 24.4 Å². The van der Waals surface area contributed by atoms with Crippen LogP contribution >= 0.6 is 11.6 Å². The second-order valence-corrected chi connectivity index (χ2v) is 6.40. The molecule has 3 rings (SSSR count). The van der Waals surface area contributed by atoms with Crippen LogP contribution in [0.4, 0.5) is 10.7 Å². The van der Waals surface area contributed by atoms with Crippen LogP contribution in [0, 0.1) is 0 Å². The van der Waals surface area contributed by atoms with Gasteiger partial charge in [-0.05, 0) is 36.6 Å². The Kier molecular flexibility index (Phi) is 5.78. The summed E-state index contributed by atoms with van der Waals surface area (Å²) in [7, 11) is 1.57. The summed E-state index contributed by atoms with van der Waals surface area (Å²) >= 11 is 6.12. The van der Waals surface area contributed by atoms with E-state index in [1.54, 1.807) is 24.1 Å². The van der Waals surface area contributed by atoms with Gasteiger partial charge in [0, 0.05) is 25.8 Å². The third-order valence-corrected chi connectivity index (χ3v) is 4.52. The zero-order valence-electron chi connectivity index (χ0n) is 14.9. The second kappa shape index (κ2) is 8.23. The lowest BCUT2D eigenvalue weighted by molar-refractivity contribution is 0.191. The van der Waals surface area contributed by atoms with Gasteiger partial charge in [-0.15, -0.1) is 0 Å². The van der Waals surface area contributed by atoms with E-state index in [1.165, 1.54) is 0 Å². The van der Waals surface area contributed by atoms with E-state index in [-0.39, 0.29) is 6.03 Å². The number of nitrogens with zero attached hydrogens (tertiary/aromatic N) is 3. The van der Waals surface area contributed by atoms with Crippen LogP contribution in [0.1, 0.15) is 23.7 Å². The monoisotopic (exact) mass is 375 g/mol. The fourth-order valence-electron chi connectivity index (χ4n) is 2.83. The van der Waals surface area contributed by atoms with E-state index in [4.69, 9.17) is 16.3 Å². The largest absolute Gasteiger partial charge is 0.495 e. The van der Waals surface area contributed by atoms with Crippen LogP contribution in [0.2, 0.25) is 5.02 Å². The number of halogens is 1. The van der Waals surface area contributed by atoms with E-state index in [0.29, 0.717) is 36.4 Å². The Morgan fingerprint density at radius 1 is 1.42 bits per heavy atom. The number of nitrogens with one attached hydrogen (secondary N) is 2. The van der Waals surface area contributed by atoms with Crippen molar-refractivity contribution in [2.24, 2.45) is 0 Å². The van der Waals surface area contributed by atoms with Gasteiger partial charge in [0.25, 0.3) is 0 Å². The standard InChI is InChI=1S/C18H22ClN5O2/c1-3-20-17-21-10-13-6-7-24(11-15(13)23-17)18(25)22-9-12-4-5-16(26-2)14(19)8-12/h4-5,8,10H,3,6-7,9,11H2,1-2H3,(H,22,25)(H,20,21,23). The molecule has 2 aromatic rings. The molecular formula is C18H22ClN5O2. The summed E-state index contributed by atoms with van der Waals surface area (Å²) < 4.78 is 5.14. The molecule has 0 saturated heterocycles. The Morgan fingerprint density at radius 2 is 2.27 bits per heavy atom. The maximum atomic E-state index is 12.5. The van der Waals surface area contributed by atoms with E-state index in [9.17, 15) is 4.79 Å². The molecule has 1 aliphatic heterocycles. The van der Waals surface area contributed by atoms with Gasteiger partial charge in [0.2, 0.25) is 5.95 Å². The van der Waals surface area contributed by atoms with Crippen molar-refractivity contribution in [3.63, 3.8) is 0 Å². The molecule has 0 atom stereocenters. The van der Waals surface area contributed by atoms with Gasteiger partial charge in [0.1, 0.15) is 5.75 Å². The Balaban J connectivity index is 1.60. The van der Waals surface area contributed by atoms with E-state index >= 15 is 0 Å². The average molecular weight is 376 g/mol. The molecule has 0 spiro atoms. The first-order valence-corrected chi connectivity index (χ1v) is 8.92. The number of rotatable bonds is 5. The molecule has 0 unspecified atom stereocenters. The van der Waals surface area contributed by atoms with Gasteiger partial charge >= 0.3 is 6.03 Å². The quantitative estimate of drug-likeness (QED) is 0.840. The van der Waals surface area contributed by atoms with Crippen LogP contribution in [0.3, 0.4) is 0 Å². The normalized spacial score (nSPS) is 13.1. The van der Waals surface area contributed by atoms with Gasteiger partial charge in [-0.25, -0.2) is 14.8 Å². The summed E-state index contributed by atoms with van der Waals surface area (Å²) in [6, 6.07) is 5.35. The molecule has 2 N–H and O–H groups in total. The SMILES string of the molecule is CCNc1ncc2c(n1)CN(C(=O)NCc1ccc(OC)c(Cl)c1)CC2.